The fourth-order valence-corrected chi connectivity index (χ4v) is 5.20. The van der Waals surface area contributed by atoms with Crippen molar-refractivity contribution < 1.29 is 61.8 Å². The summed E-state index contributed by atoms with van der Waals surface area (Å²) < 4.78 is 49.7. The van der Waals surface area contributed by atoms with E-state index in [-0.39, 0.29) is 23.6 Å². The number of nitrogens with zero attached hydrogens (tertiary/aromatic N) is 2. The predicted octanol–water partition coefficient (Wildman–Crippen LogP) is -0.367. The molecule has 59 heavy (non-hydrogen) atoms. The number of rotatable bonds is 46. The van der Waals surface area contributed by atoms with Crippen LogP contribution in [0.5, 0.6) is 0 Å². The second-order valence-corrected chi connectivity index (χ2v) is 13.4. The molecule has 0 aromatic carbocycles. The maximum atomic E-state index is 12.6. The number of ether oxygens (including phenoxy) is 9. The average Bonchev–Trinajstić information content (AvgIpc) is 3.56. The Kier molecular flexibility index (Phi) is 38.7. The first-order valence-corrected chi connectivity index (χ1v) is 21.4. The quantitative estimate of drug-likeness (QED) is 0.0452. The summed E-state index contributed by atoms with van der Waals surface area (Å²) >= 11 is 0. The van der Waals surface area contributed by atoms with Gasteiger partial charge in [0.15, 0.2) is 0 Å². The molecule has 0 spiro atoms. The molecule has 1 rings (SSSR count). The molecular formula is C40H76N6O13. The van der Waals surface area contributed by atoms with Gasteiger partial charge in [-0.15, -0.1) is 0 Å². The number of amides is 4. The van der Waals surface area contributed by atoms with Crippen molar-refractivity contribution in [2.24, 2.45) is 11.5 Å². The molecule has 0 atom stereocenters. The largest absolute Gasteiger partial charge is 0.379 e. The van der Waals surface area contributed by atoms with Gasteiger partial charge in [-0.2, -0.15) is 0 Å². The fourth-order valence-electron chi connectivity index (χ4n) is 5.20. The molecule has 0 fully saturated rings. The summed E-state index contributed by atoms with van der Waals surface area (Å²) in [6, 6.07) is 0. The summed E-state index contributed by atoms with van der Waals surface area (Å²) in [5.41, 5.74) is 10.9. The molecule has 0 saturated carbocycles. The van der Waals surface area contributed by atoms with Crippen LogP contribution in [0.3, 0.4) is 0 Å². The Morgan fingerprint density at radius 2 is 0.780 bits per heavy atom. The molecule has 0 aromatic rings. The molecule has 1 heterocycles. The number of hydrogen-bond acceptors (Lipinski definition) is 16. The summed E-state index contributed by atoms with van der Waals surface area (Å²) in [6.45, 7) is 13.3. The van der Waals surface area contributed by atoms with E-state index < -0.39 is 0 Å². The standard InChI is InChI=1S/C40H76N6O13/c41-11-1-19-51-25-31-57-33-27-53-21-3-13-43-37(47)9-17-45(18-10-38(48)44-14-4-22-54-28-34-58-32-26-52-20-2-12-42)15-5-23-55-29-35-59-36-30-56-24-6-16-46-39(49)7-8-40(46)50/h7-8H,1-6,9-36,41-42H2,(H,43,47)(H,44,48). The van der Waals surface area contributed by atoms with Gasteiger partial charge in [0.25, 0.3) is 11.8 Å². The lowest BCUT2D eigenvalue weighted by Gasteiger charge is -2.22. The number of carbonyl (C=O) groups is 4. The van der Waals surface area contributed by atoms with Crippen LogP contribution in [-0.4, -0.2) is 205 Å². The van der Waals surface area contributed by atoms with Crippen molar-refractivity contribution in [2.45, 2.75) is 51.4 Å². The Bertz CT molecular complexity index is 998. The van der Waals surface area contributed by atoms with Crippen molar-refractivity contribution in [3.05, 3.63) is 12.2 Å². The minimum absolute atomic E-state index is 0.0508. The zero-order valence-corrected chi connectivity index (χ0v) is 35.6. The van der Waals surface area contributed by atoms with Gasteiger partial charge in [-0.25, -0.2) is 0 Å². The maximum absolute atomic E-state index is 12.6. The molecule has 0 aliphatic carbocycles. The Hall–Kier alpha value is -2.66. The second-order valence-electron chi connectivity index (χ2n) is 13.4. The molecule has 344 valence electrons. The predicted molar refractivity (Wildman–Crippen MR) is 221 cm³/mol. The van der Waals surface area contributed by atoms with Crippen LogP contribution in [0, 0.1) is 0 Å². The molecule has 1 aliphatic rings. The van der Waals surface area contributed by atoms with Gasteiger partial charge >= 0.3 is 0 Å². The summed E-state index contributed by atoms with van der Waals surface area (Å²) in [5.74, 6) is -0.676. The second kappa shape index (κ2) is 42.0. The summed E-state index contributed by atoms with van der Waals surface area (Å²) in [4.78, 5) is 51.6. The average molecular weight is 849 g/mol. The fraction of sp³-hybridized carbons (Fsp3) is 0.850. The minimum Gasteiger partial charge on any atom is -0.379 e. The topological polar surface area (TPSA) is 234 Å². The molecule has 1 aliphatic heterocycles. The summed E-state index contributed by atoms with van der Waals surface area (Å²) in [7, 11) is 0. The van der Waals surface area contributed by atoms with E-state index in [4.69, 9.17) is 54.1 Å². The van der Waals surface area contributed by atoms with Gasteiger partial charge < -0.3 is 69.6 Å². The maximum Gasteiger partial charge on any atom is 0.253 e. The SMILES string of the molecule is NCCCOCCOCCOCCCNC(=O)CCN(CCCOCCOCCOCCCN1C(=O)C=CC1=O)CCC(=O)NCCCOCCOCCOCCCN. The van der Waals surface area contributed by atoms with Crippen LogP contribution in [-0.2, 0) is 61.8 Å². The van der Waals surface area contributed by atoms with Crippen LogP contribution < -0.4 is 22.1 Å². The molecule has 0 saturated heterocycles. The molecular weight excluding hydrogens is 772 g/mol. The summed E-state index contributed by atoms with van der Waals surface area (Å²) in [6.07, 6.45) is 7.53. The highest BCUT2D eigenvalue weighted by atomic mass is 16.6. The number of nitrogens with one attached hydrogen (secondary N) is 2. The Morgan fingerprint density at radius 3 is 1.15 bits per heavy atom. The third-order valence-electron chi connectivity index (χ3n) is 8.44. The van der Waals surface area contributed by atoms with E-state index in [1.54, 1.807) is 0 Å². The molecule has 0 unspecified atom stereocenters. The van der Waals surface area contributed by atoms with Crippen molar-refractivity contribution in [2.75, 3.05) is 171 Å². The van der Waals surface area contributed by atoms with Gasteiger partial charge in [-0.3, -0.25) is 24.1 Å². The number of nitrogens with two attached hydrogens (primary N) is 2. The Morgan fingerprint density at radius 1 is 0.458 bits per heavy atom. The smallest absolute Gasteiger partial charge is 0.253 e. The molecule has 19 heteroatoms. The molecule has 19 nitrogen and oxygen atoms in total. The zero-order valence-electron chi connectivity index (χ0n) is 35.6. The summed E-state index contributed by atoms with van der Waals surface area (Å²) in [5, 5.41) is 5.90. The van der Waals surface area contributed by atoms with E-state index in [2.05, 4.69) is 15.5 Å². The van der Waals surface area contributed by atoms with Crippen LogP contribution >= 0.6 is 0 Å². The molecule has 0 bridgehead atoms. The van der Waals surface area contributed by atoms with E-state index in [1.807, 2.05) is 0 Å². The third kappa shape index (κ3) is 35.8. The number of imide groups is 1. The van der Waals surface area contributed by atoms with Crippen LogP contribution in [0.1, 0.15) is 51.4 Å². The van der Waals surface area contributed by atoms with Gasteiger partial charge in [-0.1, -0.05) is 0 Å². The molecule has 0 radical (unpaired) electrons. The highest BCUT2D eigenvalue weighted by Crippen LogP contribution is 2.04. The minimum atomic E-state index is -0.287. The highest BCUT2D eigenvalue weighted by molar-refractivity contribution is 6.12. The van der Waals surface area contributed by atoms with Gasteiger partial charge in [-0.05, 0) is 51.6 Å². The Labute approximate surface area is 351 Å². The van der Waals surface area contributed by atoms with E-state index in [0.29, 0.717) is 203 Å². The lowest BCUT2D eigenvalue weighted by atomic mass is 10.2. The highest BCUT2D eigenvalue weighted by Gasteiger charge is 2.22. The Balaban J connectivity index is 2.20. The third-order valence-corrected chi connectivity index (χ3v) is 8.44. The zero-order chi connectivity index (χ0) is 42.7. The van der Waals surface area contributed by atoms with Crippen LogP contribution in [0.2, 0.25) is 0 Å². The van der Waals surface area contributed by atoms with Gasteiger partial charge in [0.1, 0.15) is 0 Å². The van der Waals surface area contributed by atoms with Gasteiger partial charge in [0, 0.05) is 104 Å². The normalized spacial score (nSPS) is 12.7. The first-order valence-electron chi connectivity index (χ1n) is 21.4. The van der Waals surface area contributed by atoms with Crippen LogP contribution in [0.25, 0.3) is 0 Å². The number of hydrogen-bond donors (Lipinski definition) is 4. The van der Waals surface area contributed by atoms with Crippen molar-refractivity contribution in [3.63, 3.8) is 0 Å². The van der Waals surface area contributed by atoms with Gasteiger partial charge in [0.2, 0.25) is 11.8 Å². The van der Waals surface area contributed by atoms with Gasteiger partial charge in [0.05, 0.1) is 79.3 Å². The lowest BCUT2D eigenvalue weighted by Crippen LogP contribution is -2.35. The van der Waals surface area contributed by atoms with Crippen LogP contribution in [0.15, 0.2) is 12.2 Å². The van der Waals surface area contributed by atoms with E-state index in [0.717, 1.165) is 19.3 Å². The first kappa shape index (κ1) is 54.4. The van der Waals surface area contributed by atoms with Crippen molar-refractivity contribution in [1.82, 2.24) is 20.4 Å². The molecule has 4 amide bonds. The van der Waals surface area contributed by atoms with Crippen molar-refractivity contribution in [3.8, 4) is 0 Å². The van der Waals surface area contributed by atoms with E-state index in [9.17, 15) is 19.2 Å². The lowest BCUT2D eigenvalue weighted by molar-refractivity contribution is -0.137. The monoisotopic (exact) mass is 849 g/mol. The molecule has 0 aromatic heterocycles. The first-order chi connectivity index (χ1) is 29.0. The van der Waals surface area contributed by atoms with E-state index in [1.165, 1.54) is 17.1 Å². The number of carbonyl (C=O) groups excluding carboxylic acids is 4. The van der Waals surface area contributed by atoms with Crippen LogP contribution in [0.4, 0.5) is 0 Å². The van der Waals surface area contributed by atoms with E-state index >= 15 is 0 Å². The van der Waals surface area contributed by atoms with Crippen molar-refractivity contribution >= 4 is 23.6 Å². The van der Waals surface area contributed by atoms with Crippen molar-refractivity contribution in [1.29, 1.82) is 0 Å². The molecule has 6 N–H and O–H groups in total.